The van der Waals surface area contributed by atoms with Gasteiger partial charge >= 0.3 is 0 Å². The number of carbonyl (C=O) groups excluding carboxylic acids is 1. The zero-order chi connectivity index (χ0) is 15.0. The first kappa shape index (κ1) is 14.6. The van der Waals surface area contributed by atoms with Crippen LogP contribution in [0.25, 0.3) is 0 Å². The molecule has 1 aliphatic rings. The summed E-state index contributed by atoms with van der Waals surface area (Å²) in [5.74, 6) is 0.125. The molecule has 1 fully saturated rings. The van der Waals surface area contributed by atoms with Crippen LogP contribution in [-0.2, 0) is 0 Å². The third-order valence-corrected chi connectivity index (χ3v) is 4.43. The Morgan fingerprint density at radius 3 is 2.10 bits per heavy atom. The predicted molar refractivity (Wildman–Crippen MR) is 84.2 cm³/mol. The molecule has 2 heteroatoms. The topological polar surface area (TPSA) is 20.3 Å². The van der Waals surface area contributed by atoms with E-state index in [1.165, 1.54) is 11.1 Å². The van der Waals surface area contributed by atoms with Gasteiger partial charge in [-0.1, -0.05) is 19.2 Å². The van der Waals surface area contributed by atoms with Crippen LogP contribution in [-0.4, -0.2) is 23.9 Å². The van der Waals surface area contributed by atoms with E-state index in [1.807, 2.05) is 18.7 Å². The Balaban J connectivity index is 2.40. The number of amides is 1. The number of aryl methyl sites for hydroxylation is 2. The van der Waals surface area contributed by atoms with Gasteiger partial charge in [-0.15, -0.1) is 0 Å². The summed E-state index contributed by atoms with van der Waals surface area (Å²) in [6, 6.07) is 2.15. The molecule has 1 aromatic carbocycles. The second-order valence-electron chi connectivity index (χ2n) is 5.82. The van der Waals surface area contributed by atoms with Crippen LogP contribution in [0.4, 0.5) is 0 Å². The lowest BCUT2D eigenvalue weighted by Gasteiger charge is -2.31. The van der Waals surface area contributed by atoms with Crippen molar-refractivity contribution in [2.75, 3.05) is 13.1 Å². The van der Waals surface area contributed by atoms with Gasteiger partial charge in [0.1, 0.15) is 0 Å². The van der Waals surface area contributed by atoms with Crippen LogP contribution in [0, 0.1) is 27.7 Å². The van der Waals surface area contributed by atoms with Gasteiger partial charge in [-0.2, -0.15) is 0 Å². The number of hydrogen-bond donors (Lipinski definition) is 0. The molecule has 0 spiro atoms. The van der Waals surface area contributed by atoms with E-state index in [9.17, 15) is 4.79 Å². The zero-order valence-corrected chi connectivity index (χ0v) is 13.0. The van der Waals surface area contributed by atoms with E-state index in [-0.39, 0.29) is 5.91 Å². The molecule has 20 heavy (non-hydrogen) atoms. The summed E-state index contributed by atoms with van der Waals surface area (Å²) in [6.45, 7) is 17.5. The minimum Gasteiger partial charge on any atom is -0.334 e. The van der Waals surface area contributed by atoms with Crippen LogP contribution in [0.2, 0.25) is 0 Å². The number of likely N-dealkylation sites (tertiary alicyclic amines) is 1. The molecule has 1 heterocycles. The van der Waals surface area contributed by atoms with Crippen molar-refractivity contribution < 1.29 is 4.79 Å². The van der Waals surface area contributed by atoms with E-state index in [1.54, 1.807) is 0 Å². The molecule has 0 aliphatic carbocycles. The summed E-state index contributed by atoms with van der Waals surface area (Å²) < 4.78 is 0. The molecule has 0 saturated carbocycles. The standard InChI is InChI=1S/C18H23NO/c1-11-7-8-19(10-14(11)4)18(20)17-15(5)12(2)9-13(3)16(17)6/h9H,1,4,7-8,10H2,2-3,5-6H3. The van der Waals surface area contributed by atoms with Crippen molar-refractivity contribution in [3.63, 3.8) is 0 Å². The largest absolute Gasteiger partial charge is 0.334 e. The maximum atomic E-state index is 12.9. The van der Waals surface area contributed by atoms with Gasteiger partial charge in [0.05, 0.1) is 0 Å². The Morgan fingerprint density at radius 2 is 1.60 bits per heavy atom. The number of rotatable bonds is 1. The van der Waals surface area contributed by atoms with Crippen molar-refractivity contribution in [2.24, 2.45) is 0 Å². The van der Waals surface area contributed by atoms with Crippen molar-refractivity contribution in [3.05, 3.63) is 58.2 Å². The first-order valence-electron chi connectivity index (χ1n) is 7.05. The Kier molecular flexibility index (Phi) is 3.85. The number of hydrogen-bond acceptors (Lipinski definition) is 1. The summed E-state index contributed by atoms with van der Waals surface area (Å²) in [4.78, 5) is 14.7. The van der Waals surface area contributed by atoms with Crippen LogP contribution in [0.5, 0.6) is 0 Å². The van der Waals surface area contributed by atoms with Crippen LogP contribution in [0.3, 0.4) is 0 Å². The second kappa shape index (κ2) is 5.28. The Hall–Kier alpha value is -1.83. The molecule has 1 aliphatic heterocycles. The van der Waals surface area contributed by atoms with Crippen LogP contribution < -0.4 is 0 Å². The summed E-state index contributed by atoms with van der Waals surface area (Å²) in [6.07, 6.45) is 0.827. The monoisotopic (exact) mass is 269 g/mol. The minimum atomic E-state index is 0.125. The fraction of sp³-hybridized carbons (Fsp3) is 0.389. The molecule has 0 atom stereocenters. The Morgan fingerprint density at radius 1 is 1.05 bits per heavy atom. The molecular formula is C18H23NO. The summed E-state index contributed by atoms with van der Waals surface area (Å²) in [5.41, 5.74) is 7.45. The molecule has 106 valence electrons. The van der Waals surface area contributed by atoms with Crippen LogP contribution >= 0.6 is 0 Å². The molecule has 1 amide bonds. The predicted octanol–water partition coefficient (Wildman–Crippen LogP) is 3.88. The van der Waals surface area contributed by atoms with Crippen molar-refractivity contribution in [3.8, 4) is 0 Å². The Bertz CT molecular complexity index is 584. The van der Waals surface area contributed by atoms with Crippen molar-refractivity contribution in [1.29, 1.82) is 0 Å². The van der Waals surface area contributed by atoms with Gasteiger partial charge in [0, 0.05) is 18.7 Å². The average molecular weight is 269 g/mol. The fourth-order valence-electron chi connectivity index (χ4n) is 2.74. The smallest absolute Gasteiger partial charge is 0.254 e. The molecular weight excluding hydrogens is 246 g/mol. The van der Waals surface area contributed by atoms with Gasteiger partial charge in [-0.05, 0) is 67.5 Å². The van der Waals surface area contributed by atoms with Crippen molar-refractivity contribution in [2.45, 2.75) is 34.1 Å². The first-order valence-corrected chi connectivity index (χ1v) is 7.05. The normalized spacial score (nSPS) is 15.7. The number of carbonyl (C=O) groups is 1. The highest BCUT2D eigenvalue weighted by Crippen LogP contribution is 2.26. The lowest BCUT2D eigenvalue weighted by Crippen LogP contribution is -2.38. The highest BCUT2D eigenvalue weighted by atomic mass is 16.2. The van der Waals surface area contributed by atoms with Crippen molar-refractivity contribution in [1.82, 2.24) is 4.90 Å². The first-order chi connectivity index (χ1) is 9.32. The maximum absolute atomic E-state index is 12.9. The maximum Gasteiger partial charge on any atom is 0.254 e. The minimum absolute atomic E-state index is 0.125. The van der Waals surface area contributed by atoms with Gasteiger partial charge in [0.15, 0.2) is 0 Å². The van der Waals surface area contributed by atoms with Crippen LogP contribution in [0.1, 0.15) is 39.0 Å². The lowest BCUT2D eigenvalue weighted by atomic mass is 9.92. The summed E-state index contributed by atoms with van der Waals surface area (Å²) in [5, 5.41) is 0. The lowest BCUT2D eigenvalue weighted by molar-refractivity contribution is 0.0761. The van der Waals surface area contributed by atoms with E-state index < -0.39 is 0 Å². The third kappa shape index (κ3) is 2.43. The molecule has 0 aromatic heterocycles. The van der Waals surface area contributed by atoms with Gasteiger partial charge in [-0.25, -0.2) is 0 Å². The summed E-state index contributed by atoms with van der Waals surface area (Å²) >= 11 is 0. The van der Waals surface area contributed by atoms with E-state index in [0.717, 1.165) is 40.8 Å². The highest BCUT2D eigenvalue weighted by molar-refractivity contribution is 5.98. The fourth-order valence-corrected chi connectivity index (χ4v) is 2.74. The summed E-state index contributed by atoms with van der Waals surface area (Å²) in [7, 11) is 0. The molecule has 2 nitrogen and oxygen atoms in total. The van der Waals surface area contributed by atoms with E-state index in [4.69, 9.17) is 0 Å². The van der Waals surface area contributed by atoms with Crippen molar-refractivity contribution >= 4 is 5.91 Å². The molecule has 0 N–H and O–H groups in total. The quantitative estimate of drug-likeness (QED) is 0.757. The number of piperidine rings is 1. The SMILES string of the molecule is C=C1CCN(C(=O)c2c(C)c(C)cc(C)c2C)CC1=C. The molecule has 1 saturated heterocycles. The Labute approximate surface area is 121 Å². The zero-order valence-electron chi connectivity index (χ0n) is 13.0. The molecule has 0 unspecified atom stereocenters. The van der Waals surface area contributed by atoms with E-state index >= 15 is 0 Å². The van der Waals surface area contributed by atoms with Gasteiger partial charge in [0.25, 0.3) is 5.91 Å². The highest BCUT2D eigenvalue weighted by Gasteiger charge is 2.25. The molecule has 0 radical (unpaired) electrons. The number of nitrogens with zero attached hydrogens (tertiary/aromatic N) is 1. The van der Waals surface area contributed by atoms with Gasteiger partial charge < -0.3 is 4.90 Å². The second-order valence-corrected chi connectivity index (χ2v) is 5.82. The van der Waals surface area contributed by atoms with E-state index in [2.05, 4.69) is 33.1 Å². The average Bonchev–Trinajstić information content (AvgIpc) is 2.40. The van der Waals surface area contributed by atoms with Crippen LogP contribution in [0.15, 0.2) is 30.4 Å². The number of benzene rings is 1. The van der Waals surface area contributed by atoms with Gasteiger partial charge in [0.2, 0.25) is 0 Å². The third-order valence-electron chi connectivity index (χ3n) is 4.43. The van der Waals surface area contributed by atoms with E-state index in [0.29, 0.717) is 6.54 Å². The molecule has 0 bridgehead atoms. The van der Waals surface area contributed by atoms with Gasteiger partial charge in [-0.3, -0.25) is 4.79 Å². The molecule has 2 rings (SSSR count). The molecule has 1 aromatic rings.